The molecule has 2 aromatic rings. The maximum atomic E-state index is 2.72. The molecule has 0 aromatic heterocycles. The van der Waals surface area contributed by atoms with Gasteiger partial charge in [-0.3, -0.25) is 0 Å². The third kappa shape index (κ3) is 8.56. The van der Waals surface area contributed by atoms with Crippen LogP contribution in [-0.2, 0) is 0 Å². The van der Waals surface area contributed by atoms with Gasteiger partial charge < -0.3 is 0 Å². The van der Waals surface area contributed by atoms with E-state index in [2.05, 4.69) is 102 Å². The Balaban J connectivity index is 3.18. The normalized spacial score (nSPS) is 12.7. The summed E-state index contributed by atoms with van der Waals surface area (Å²) in [5.74, 6) is 0. The standard InChI is InChI=1S/C36H64Ge3/c1-7-13-29-37(30-14-8-2,31-15-9-3)39(35-25-21-19-22-26-35,36-27-23-20-24-28-36)38(32-16-10-4,33-17-11-5)34-18-12-6/h19-28H,7-18,29-34H2,1-6H3. The molecule has 2 rings (SSSR count). The first-order valence-electron chi connectivity index (χ1n) is 17.2. The summed E-state index contributed by atoms with van der Waals surface area (Å²) < 4.78 is 3.94. The Morgan fingerprint density at radius 1 is 0.359 bits per heavy atom. The van der Waals surface area contributed by atoms with Crippen LogP contribution in [0.2, 0.25) is 31.5 Å². The van der Waals surface area contributed by atoms with E-state index in [0.717, 1.165) is 0 Å². The summed E-state index contributed by atoms with van der Waals surface area (Å²) in [6, 6.07) is 25.4. The molecule has 0 nitrogen and oxygen atoms in total. The summed E-state index contributed by atoms with van der Waals surface area (Å²) >= 11 is -4.78. The number of hydrogen-bond acceptors (Lipinski definition) is 0. The van der Waals surface area contributed by atoms with Crippen LogP contribution in [0.5, 0.6) is 0 Å². The first kappa shape index (κ1) is 35.3. The average molecular weight is 715 g/mol. The summed E-state index contributed by atoms with van der Waals surface area (Å²) in [7, 11) is -2.78. The SMILES string of the molecule is CCC[CH2][Ge]([CH2]CCC)([CH2]CCC)[Ge]([c]1ccccc1)([c]1ccccc1)[Ge]([CH2]CCC)([CH2]CCC)[CH2]CCC. The van der Waals surface area contributed by atoms with E-state index in [1.165, 1.54) is 77.0 Å². The van der Waals surface area contributed by atoms with Crippen LogP contribution in [0.25, 0.3) is 0 Å². The molecule has 0 aliphatic rings. The molecule has 0 aliphatic heterocycles. The summed E-state index contributed by atoms with van der Waals surface area (Å²) in [4.78, 5) is 0. The fourth-order valence-corrected chi connectivity index (χ4v) is 229. The second kappa shape index (κ2) is 19.3. The van der Waals surface area contributed by atoms with Gasteiger partial charge in [-0.05, 0) is 0 Å². The van der Waals surface area contributed by atoms with Crippen LogP contribution in [0.15, 0.2) is 60.7 Å². The first-order valence-corrected chi connectivity index (χ1v) is 41.2. The van der Waals surface area contributed by atoms with E-state index in [4.69, 9.17) is 0 Å². The van der Waals surface area contributed by atoms with E-state index in [9.17, 15) is 0 Å². The van der Waals surface area contributed by atoms with Gasteiger partial charge in [0, 0.05) is 0 Å². The molecule has 220 valence electrons. The van der Waals surface area contributed by atoms with Gasteiger partial charge in [0.15, 0.2) is 0 Å². The maximum absolute atomic E-state index is 2.78. The van der Waals surface area contributed by atoms with Crippen molar-refractivity contribution < 1.29 is 0 Å². The van der Waals surface area contributed by atoms with Gasteiger partial charge in [-0.15, -0.1) is 0 Å². The van der Waals surface area contributed by atoms with Gasteiger partial charge in [0.1, 0.15) is 0 Å². The molecule has 0 radical (unpaired) electrons. The topological polar surface area (TPSA) is 0 Å². The van der Waals surface area contributed by atoms with Crippen molar-refractivity contribution in [1.29, 1.82) is 0 Å². The van der Waals surface area contributed by atoms with Crippen molar-refractivity contribution in [2.75, 3.05) is 0 Å². The zero-order chi connectivity index (χ0) is 28.5. The molecule has 3 heteroatoms. The van der Waals surface area contributed by atoms with E-state index < -0.39 is 31.9 Å². The van der Waals surface area contributed by atoms with Crippen LogP contribution in [0, 0.1) is 0 Å². The Kier molecular flexibility index (Phi) is 17.4. The molecule has 39 heavy (non-hydrogen) atoms. The van der Waals surface area contributed by atoms with Crippen molar-refractivity contribution in [3.8, 4) is 0 Å². The molecule has 0 aliphatic carbocycles. The molecule has 0 amide bonds. The van der Waals surface area contributed by atoms with Crippen molar-refractivity contribution in [3.05, 3.63) is 60.7 Å². The van der Waals surface area contributed by atoms with Crippen molar-refractivity contribution in [1.82, 2.24) is 0 Å². The van der Waals surface area contributed by atoms with Gasteiger partial charge in [0.25, 0.3) is 0 Å². The predicted octanol–water partition coefficient (Wildman–Crippen LogP) is 11.1. The molecular formula is C36H64Ge3. The summed E-state index contributed by atoms with van der Waals surface area (Å²) in [5, 5.41) is 9.99. The van der Waals surface area contributed by atoms with Gasteiger partial charge in [-0.25, -0.2) is 0 Å². The van der Waals surface area contributed by atoms with Crippen molar-refractivity contribution in [2.24, 2.45) is 0 Å². The van der Waals surface area contributed by atoms with Crippen molar-refractivity contribution >= 4 is 40.7 Å². The predicted molar refractivity (Wildman–Crippen MR) is 188 cm³/mol. The Bertz CT molecular complexity index is 746. The molecule has 2 aromatic carbocycles. The number of rotatable bonds is 22. The second-order valence-electron chi connectivity index (χ2n) is 12.7. The summed E-state index contributed by atoms with van der Waals surface area (Å²) in [6.07, 6.45) is 17.2. The third-order valence-electron chi connectivity index (χ3n) is 10.1. The van der Waals surface area contributed by atoms with Crippen LogP contribution in [0.1, 0.15) is 119 Å². The van der Waals surface area contributed by atoms with Crippen LogP contribution in [0.4, 0.5) is 0 Å². The van der Waals surface area contributed by atoms with Crippen LogP contribution in [-0.4, -0.2) is 31.9 Å². The van der Waals surface area contributed by atoms with E-state index in [1.807, 2.05) is 8.79 Å². The zero-order valence-electron chi connectivity index (χ0n) is 27.0. The summed E-state index contributed by atoms with van der Waals surface area (Å²) in [5.41, 5.74) is 0. The quantitative estimate of drug-likeness (QED) is 0.107. The van der Waals surface area contributed by atoms with E-state index in [-0.39, 0.29) is 0 Å². The molecule has 0 saturated carbocycles. The molecule has 0 heterocycles. The van der Waals surface area contributed by atoms with Crippen LogP contribution in [0.3, 0.4) is 0 Å². The van der Waals surface area contributed by atoms with Gasteiger partial charge in [0.05, 0.1) is 0 Å². The van der Waals surface area contributed by atoms with Crippen LogP contribution < -0.4 is 8.79 Å². The molecule has 0 spiro atoms. The second-order valence-corrected chi connectivity index (χ2v) is 86.2. The Hall–Kier alpha value is 0.0686. The fourth-order valence-electron chi connectivity index (χ4n) is 8.30. The molecule has 0 bridgehead atoms. The van der Waals surface area contributed by atoms with Gasteiger partial charge in [0.2, 0.25) is 0 Å². The van der Waals surface area contributed by atoms with E-state index >= 15 is 0 Å². The van der Waals surface area contributed by atoms with Crippen molar-refractivity contribution in [3.63, 3.8) is 0 Å². The average Bonchev–Trinajstić information content (AvgIpc) is 2.99. The van der Waals surface area contributed by atoms with E-state index in [0.29, 0.717) is 0 Å². The zero-order valence-corrected chi connectivity index (χ0v) is 33.3. The molecule has 0 unspecified atom stereocenters. The number of benzene rings is 2. The van der Waals surface area contributed by atoms with Crippen molar-refractivity contribution in [2.45, 2.75) is 150 Å². The molecule has 0 fully saturated rings. The molecular weight excluding hydrogens is 650 g/mol. The minimum atomic E-state index is -2.78. The van der Waals surface area contributed by atoms with Gasteiger partial charge in [-0.2, -0.15) is 0 Å². The van der Waals surface area contributed by atoms with Gasteiger partial charge in [-0.1, -0.05) is 0 Å². The van der Waals surface area contributed by atoms with Gasteiger partial charge >= 0.3 is 251 Å². The minimum absolute atomic E-state index is 1.38. The third-order valence-corrected chi connectivity index (χ3v) is 162. The molecule has 0 atom stereocenters. The Morgan fingerprint density at radius 3 is 0.795 bits per heavy atom. The monoisotopic (exact) mass is 718 g/mol. The fraction of sp³-hybridized carbons (Fsp3) is 0.667. The Labute approximate surface area is 249 Å². The Morgan fingerprint density at radius 2 is 0.590 bits per heavy atom. The molecule has 0 N–H and O–H groups in total. The molecule has 0 saturated heterocycles. The first-order chi connectivity index (χ1) is 19.1. The summed E-state index contributed by atoms with van der Waals surface area (Å²) in [6.45, 7) is 14.9. The number of unbranched alkanes of at least 4 members (excludes halogenated alkanes) is 6. The number of hydrogen-bond donors (Lipinski definition) is 0. The van der Waals surface area contributed by atoms with E-state index in [1.54, 1.807) is 31.5 Å². The van der Waals surface area contributed by atoms with Crippen LogP contribution >= 0.6 is 0 Å².